The number of rotatable bonds is 3. The second kappa shape index (κ2) is 4.23. The van der Waals surface area contributed by atoms with Gasteiger partial charge in [0.1, 0.15) is 5.69 Å². The van der Waals surface area contributed by atoms with Crippen LogP contribution in [0.1, 0.15) is 31.3 Å². The highest BCUT2D eigenvalue weighted by molar-refractivity contribution is 6.21. The summed E-state index contributed by atoms with van der Waals surface area (Å²) in [5.74, 6) is -0.201. The monoisotopic (exact) mass is 229 g/mol. The molecule has 15 heavy (non-hydrogen) atoms. The Labute approximate surface area is 94.6 Å². The smallest absolute Gasteiger partial charge is 0.271 e. The summed E-state index contributed by atoms with van der Waals surface area (Å²) >= 11 is 5.97. The van der Waals surface area contributed by atoms with Crippen molar-refractivity contribution < 1.29 is 4.79 Å². The summed E-state index contributed by atoms with van der Waals surface area (Å²) in [5.41, 5.74) is -0.0428. The van der Waals surface area contributed by atoms with Gasteiger partial charge < -0.3 is 9.88 Å². The molecule has 1 amide bonds. The molecule has 1 rings (SSSR count). The molecule has 1 unspecified atom stereocenters. The van der Waals surface area contributed by atoms with Gasteiger partial charge in [0.15, 0.2) is 0 Å². The molecule has 0 aliphatic carbocycles. The average molecular weight is 230 g/mol. The molecule has 4 nitrogen and oxygen atoms in total. The first-order chi connectivity index (χ1) is 6.83. The molecule has 1 aromatic heterocycles. The highest BCUT2D eigenvalue weighted by Gasteiger charge is 2.27. The van der Waals surface area contributed by atoms with Crippen molar-refractivity contribution >= 4 is 17.5 Å². The van der Waals surface area contributed by atoms with Gasteiger partial charge in [-0.3, -0.25) is 4.79 Å². The largest absolute Gasteiger partial charge is 0.344 e. The fourth-order valence-electron chi connectivity index (χ4n) is 0.986. The third-order valence-electron chi connectivity index (χ3n) is 2.37. The van der Waals surface area contributed by atoms with Gasteiger partial charge in [0, 0.05) is 13.2 Å². The predicted molar refractivity (Wildman–Crippen MR) is 60.1 cm³/mol. The van der Waals surface area contributed by atoms with Crippen LogP contribution in [-0.4, -0.2) is 26.4 Å². The van der Waals surface area contributed by atoms with Crippen LogP contribution in [-0.2, 0) is 7.05 Å². The van der Waals surface area contributed by atoms with Crippen LogP contribution in [0.4, 0.5) is 0 Å². The first kappa shape index (κ1) is 12.0. The quantitative estimate of drug-likeness (QED) is 0.800. The Hall–Kier alpha value is -1.03. The van der Waals surface area contributed by atoms with E-state index in [4.69, 9.17) is 11.6 Å². The summed E-state index contributed by atoms with van der Waals surface area (Å²) in [5, 5.41) is 2.69. The third-order valence-corrected chi connectivity index (χ3v) is 2.91. The van der Waals surface area contributed by atoms with Gasteiger partial charge in [0.25, 0.3) is 5.91 Å². The van der Waals surface area contributed by atoms with E-state index in [1.807, 2.05) is 27.8 Å². The maximum absolute atomic E-state index is 11.7. The van der Waals surface area contributed by atoms with Gasteiger partial charge >= 0.3 is 0 Å². The molecule has 0 aliphatic heterocycles. The molecule has 0 saturated carbocycles. The van der Waals surface area contributed by atoms with Crippen molar-refractivity contribution in [3.8, 4) is 0 Å². The lowest BCUT2D eigenvalue weighted by Gasteiger charge is -2.28. The molecule has 0 aromatic carbocycles. The molecule has 84 valence electrons. The van der Waals surface area contributed by atoms with E-state index in [0.29, 0.717) is 5.69 Å². The van der Waals surface area contributed by atoms with Gasteiger partial charge in [-0.05, 0) is 20.8 Å². The molecule has 0 saturated heterocycles. The Bertz CT molecular complexity index is 357. The van der Waals surface area contributed by atoms with Gasteiger partial charge in [0.2, 0.25) is 0 Å². The summed E-state index contributed by atoms with van der Waals surface area (Å²) in [6.45, 7) is 5.61. The van der Waals surface area contributed by atoms with Crippen molar-refractivity contribution in [2.24, 2.45) is 7.05 Å². The summed E-state index contributed by atoms with van der Waals surface area (Å²) in [6.07, 6.45) is 3.26. The lowest BCUT2D eigenvalue weighted by molar-refractivity contribution is 0.0907. The zero-order valence-electron chi connectivity index (χ0n) is 9.41. The molecular formula is C10H16ClN3O. The number of aryl methyl sites for hydroxylation is 1. The fraction of sp³-hybridized carbons (Fsp3) is 0.600. The molecule has 0 aliphatic rings. The highest BCUT2D eigenvalue weighted by atomic mass is 35.5. The number of nitrogens with one attached hydrogen (secondary N) is 1. The van der Waals surface area contributed by atoms with Crippen LogP contribution < -0.4 is 5.32 Å². The normalized spacial score (nSPS) is 13.7. The number of carbonyl (C=O) groups is 1. The van der Waals surface area contributed by atoms with E-state index in [1.165, 1.54) is 0 Å². The van der Waals surface area contributed by atoms with Gasteiger partial charge in [0.05, 0.1) is 17.2 Å². The SMILES string of the molecule is CC(Cl)C(C)(C)NC(=O)c1cn(C)cn1. The van der Waals surface area contributed by atoms with Crippen molar-refractivity contribution in [1.29, 1.82) is 0 Å². The standard InChI is InChI=1S/C10H16ClN3O/c1-7(11)10(2,3)13-9(15)8-5-14(4)6-12-8/h5-7H,1-4H3,(H,13,15). The van der Waals surface area contributed by atoms with E-state index < -0.39 is 5.54 Å². The zero-order chi connectivity index (χ0) is 11.6. The Morgan fingerprint density at radius 2 is 2.27 bits per heavy atom. The van der Waals surface area contributed by atoms with E-state index >= 15 is 0 Å². The first-order valence-electron chi connectivity index (χ1n) is 4.77. The predicted octanol–water partition coefficient (Wildman–Crippen LogP) is 1.56. The fourth-order valence-corrected chi connectivity index (χ4v) is 1.04. The second-order valence-corrected chi connectivity index (χ2v) is 4.87. The van der Waals surface area contributed by atoms with E-state index in [2.05, 4.69) is 10.3 Å². The second-order valence-electron chi connectivity index (χ2n) is 4.22. The number of carbonyl (C=O) groups excluding carboxylic acids is 1. The maximum atomic E-state index is 11.7. The zero-order valence-corrected chi connectivity index (χ0v) is 10.2. The lowest BCUT2D eigenvalue weighted by atomic mass is 10.0. The van der Waals surface area contributed by atoms with Crippen molar-refractivity contribution in [1.82, 2.24) is 14.9 Å². The minimum atomic E-state index is -0.448. The first-order valence-corrected chi connectivity index (χ1v) is 5.21. The molecule has 5 heteroatoms. The summed E-state index contributed by atoms with van der Waals surface area (Å²) in [6, 6.07) is 0. The Kier molecular flexibility index (Phi) is 3.39. The molecule has 0 radical (unpaired) electrons. The van der Waals surface area contributed by atoms with Gasteiger partial charge in [-0.1, -0.05) is 0 Å². The third kappa shape index (κ3) is 2.96. The van der Waals surface area contributed by atoms with Crippen LogP contribution in [0.3, 0.4) is 0 Å². The van der Waals surface area contributed by atoms with Crippen LogP contribution >= 0.6 is 11.6 Å². The van der Waals surface area contributed by atoms with Gasteiger partial charge in [-0.25, -0.2) is 4.98 Å². The number of imidazole rings is 1. The Balaban J connectivity index is 2.72. The number of hydrogen-bond acceptors (Lipinski definition) is 2. The van der Waals surface area contributed by atoms with Crippen LogP contribution in [0.5, 0.6) is 0 Å². The molecule has 0 fully saturated rings. The van der Waals surface area contributed by atoms with Gasteiger partial charge in [-0.15, -0.1) is 11.6 Å². The Morgan fingerprint density at radius 1 is 1.67 bits per heavy atom. The van der Waals surface area contributed by atoms with E-state index in [-0.39, 0.29) is 11.3 Å². The van der Waals surface area contributed by atoms with Gasteiger partial charge in [-0.2, -0.15) is 0 Å². The Morgan fingerprint density at radius 3 is 2.67 bits per heavy atom. The van der Waals surface area contributed by atoms with Crippen LogP contribution in [0.15, 0.2) is 12.5 Å². The maximum Gasteiger partial charge on any atom is 0.271 e. The van der Waals surface area contributed by atoms with Crippen molar-refractivity contribution in [3.63, 3.8) is 0 Å². The number of nitrogens with zero attached hydrogens (tertiary/aromatic N) is 2. The summed E-state index contributed by atoms with van der Waals surface area (Å²) < 4.78 is 1.73. The van der Waals surface area contributed by atoms with Crippen molar-refractivity contribution in [2.75, 3.05) is 0 Å². The molecule has 1 N–H and O–H groups in total. The average Bonchev–Trinajstić information content (AvgIpc) is 2.50. The summed E-state index contributed by atoms with van der Waals surface area (Å²) in [7, 11) is 1.82. The van der Waals surface area contributed by atoms with Crippen molar-refractivity contribution in [2.45, 2.75) is 31.7 Å². The molecule has 0 spiro atoms. The minimum Gasteiger partial charge on any atom is -0.344 e. The molecule has 1 heterocycles. The number of halogens is 1. The molecule has 1 aromatic rings. The number of alkyl halides is 1. The van der Waals surface area contributed by atoms with Crippen LogP contribution in [0.2, 0.25) is 0 Å². The minimum absolute atomic E-state index is 0.148. The number of aromatic nitrogens is 2. The highest BCUT2D eigenvalue weighted by Crippen LogP contribution is 2.15. The summed E-state index contributed by atoms with van der Waals surface area (Å²) in [4.78, 5) is 15.7. The van der Waals surface area contributed by atoms with E-state index in [1.54, 1.807) is 17.1 Å². The molecule has 0 bridgehead atoms. The van der Waals surface area contributed by atoms with E-state index in [9.17, 15) is 4.79 Å². The van der Waals surface area contributed by atoms with Crippen LogP contribution in [0.25, 0.3) is 0 Å². The van der Waals surface area contributed by atoms with Crippen LogP contribution in [0, 0.1) is 0 Å². The molecule has 1 atom stereocenters. The molecular weight excluding hydrogens is 214 g/mol. The van der Waals surface area contributed by atoms with E-state index in [0.717, 1.165) is 0 Å². The number of amides is 1. The topological polar surface area (TPSA) is 46.9 Å². The van der Waals surface area contributed by atoms with Crippen molar-refractivity contribution in [3.05, 3.63) is 18.2 Å². The lowest BCUT2D eigenvalue weighted by Crippen LogP contribution is -2.49. The number of hydrogen-bond donors (Lipinski definition) is 1.